The zero-order valence-electron chi connectivity index (χ0n) is 18.7. The van der Waals surface area contributed by atoms with Crippen molar-refractivity contribution in [1.29, 1.82) is 0 Å². The standard InChI is InChI=1S/C22H38N6O2/c1-3-23-22(25-18-13-11-17(12-14-18)21(29)30-4-2)24-15-8-10-20-27-26-19-9-6-5-7-16-28(19)20/h17-18H,3-16H2,1-2H3,(H2,23,24,25). The summed E-state index contributed by atoms with van der Waals surface area (Å²) < 4.78 is 7.49. The molecule has 30 heavy (non-hydrogen) atoms. The Hall–Kier alpha value is -2.12. The van der Waals surface area contributed by atoms with Crippen LogP contribution in [0, 0.1) is 5.92 Å². The SMILES string of the molecule is CCNC(=NCCCc1nnc2n1CCCCC2)NC1CCC(C(=O)OCC)CC1. The van der Waals surface area contributed by atoms with Crippen LogP contribution in [0.1, 0.15) is 76.9 Å². The average molecular weight is 419 g/mol. The molecule has 2 aliphatic rings. The summed E-state index contributed by atoms with van der Waals surface area (Å²) in [5, 5.41) is 15.7. The van der Waals surface area contributed by atoms with Gasteiger partial charge in [0.2, 0.25) is 0 Å². The number of aromatic nitrogens is 3. The van der Waals surface area contributed by atoms with Crippen LogP contribution in [0.2, 0.25) is 0 Å². The molecule has 0 aromatic carbocycles. The molecule has 2 N–H and O–H groups in total. The number of rotatable bonds is 8. The van der Waals surface area contributed by atoms with E-state index in [1.165, 1.54) is 19.3 Å². The Bertz CT molecular complexity index is 694. The number of hydrogen-bond donors (Lipinski definition) is 2. The number of nitrogens with one attached hydrogen (secondary N) is 2. The van der Waals surface area contributed by atoms with Crippen molar-refractivity contribution in [2.45, 2.75) is 90.6 Å². The van der Waals surface area contributed by atoms with Crippen LogP contribution >= 0.6 is 0 Å². The minimum atomic E-state index is -0.0390. The third-order valence-corrected chi connectivity index (χ3v) is 6.05. The Morgan fingerprint density at radius 3 is 2.77 bits per heavy atom. The Kier molecular flexibility index (Phi) is 8.96. The van der Waals surface area contributed by atoms with Gasteiger partial charge in [-0.05, 0) is 58.8 Å². The first-order valence-electron chi connectivity index (χ1n) is 11.8. The molecule has 168 valence electrons. The van der Waals surface area contributed by atoms with E-state index in [2.05, 4.69) is 32.3 Å². The number of carbonyl (C=O) groups is 1. The normalized spacial score (nSPS) is 22.1. The lowest BCUT2D eigenvalue weighted by Crippen LogP contribution is -2.45. The van der Waals surface area contributed by atoms with Crippen LogP contribution in [0.3, 0.4) is 0 Å². The predicted octanol–water partition coefficient (Wildman–Crippen LogP) is 2.61. The maximum atomic E-state index is 11.9. The summed E-state index contributed by atoms with van der Waals surface area (Å²) in [5.74, 6) is 3.15. The third-order valence-electron chi connectivity index (χ3n) is 6.05. The molecular formula is C22H38N6O2. The van der Waals surface area contributed by atoms with Crippen LogP contribution in [-0.4, -0.2) is 52.4 Å². The smallest absolute Gasteiger partial charge is 0.308 e. The zero-order chi connectivity index (χ0) is 21.2. The molecule has 3 rings (SSSR count). The van der Waals surface area contributed by atoms with Crippen molar-refractivity contribution >= 4 is 11.9 Å². The van der Waals surface area contributed by atoms with E-state index in [0.717, 1.165) is 82.2 Å². The molecule has 0 saturated heterocycles. The number of hydrogen-bond acceptors (Lipinski definition) is 5. The first-order valence-corrected chi connectivity index (χ1v) is 11.8. The van der Waals surface area contributed by atoms with E-state index in [4.69, 9.17) is 9.73 Å². The van der Waals surface area contributed by atoms with Crippen molar-refractivity contribution in [3.63, 3.8) is 0 Å². The molecule has 8 heteroatoms. The van der Waals surface area contributed by atoms with E-state index in [9.17, 15) is 4.79 Å². The zero-order valence-corrected chi connectivity index (χ0v) is 18.7. The molecule has 1 aliphatic carbocycles. The van der Waals surface area contributed by atoms with Gasteiger partial charge >= 0.3 is 5.97 Å². The Balaban J connectivity index is 1.44. The highest BCUT2D eigenvalue weighted by Crippen LogP contribution is 2.25. The van der Waals surface area contributed by atoms with Gasteiger partial charge in [0.15, 0.2) is 5.96 Å². The summed E-state index contributed by atoms with van der Waals surface area (Å²) in [7, 11) is 0. The van der Waals surface area contributed by atoms with Crippen LogP contribution in [0.15, 0.2) is 4.99 Å². The number of aryl methyl sites for hydroxylation is 2. The number of ether oxygens (including phenoxy) is 1. The fraction of sp³-hybridized carbons (Fsp3) is 0.818. The minimum Gasteiger partial charge on any atom is -0.466 e. The lowest BCUT2D eigenvalue weighted by Gasteiger charge is -2.29. The lowest BCUT2D eigenvalue weighted by atomic mass is 9.86. The molecule has 1 aromatic rings. The van der Waals surface area contributed by atoms with E-state index < -0.39 is 0 Å². The van der Waals surface area contributed by atoms with Gasteiger partial charge in [0, 0.05) is 38.5 Å². The number of aliphatic imine (C=N–C) groups is 1. The van der Waals surface area contributed by atoms with Crippen LogP contribution in [0.4, 0.5) is 0 Å². The summed E-state index contributed by atoms with van der Waals surface area (Å²) >= 11 is 0. The third kappa shape index (κ3) is 6.44. The molecule has 2 heterocycles. The number of esters is 1. The average Bonchev–Trinajstić information content (AvgIpc) is 2.98. The second kappa shape index (κ2) is 11.9. The highest BCUT2D eigenvalue weighted by molar-refractivity contribution is 5.80. The van der Waals surface area contributed by atoms with E-state index >= 15 is 0 Å². The second-order valence-electron chi connectivity index (χ2n) is 8.30. The van der Waals surface area contributed by atoms with Gasteiger partial charge in [-0.2, -0.15) is 0 Å². The fourth-order valence-corrected chi connectivity index (χ4v) is 4.41. The molecule has 0 amide bonds. The molecule has 0 bridgehead atoms. The molecule has 0 radical (unpaired) electrons. The van der Waals surface area contributed by atoms with Gasteiger partial charge < -0.3 is 19.9 Å². The molecule has 8 nitrogen and oxygen atoms in total. The summed E-state index contributed by atoms with van der Waals surface area (Å²) in [4.78, 5) is 16.7. The molecular weight excluding hydrogens is 380 g/mol. The summed E-state index contributed by atoms with van der Waals surface area (Å²) in [6.07, 6.45) is 10.4. The topological polar surface area (TPSA) is 93.4 Å². The van der Waals surface area contributed by atoms with E-state index in [1.807, 2.05) is 6.92 Å². The van der Waals surface area contributed by atoms with Gasteiger partial charge in [-0.25, -0.2) is 0 Å². The maximum Gasteiger partial charge on any atom is 0.308 e. The van der Waals surface area contributed by atoms with Crippen LogP contribution in [-0.2, 0) is 28.9 Å². The fourth-order valence-electron chi connectivity index (χ4n) is 4.41. The highest BCUT2D eigenvalue weighted by Gasteiger charge is 2.27. The van der Waals surface area contributed by atoms with E-state index in [0.29, 0.717) is 12.6 Å². The molecule has 1 saturated carbocycles. The van der Waals surface area contributed by atoms with Crippen LogP contribution in [0.5, 0.6) is 0 Å². The Morgan fingerprint density at radius 1 is 1.17 bits per heavy atom. The van der Waals surface area contributed by atoms with Crippen molar-refractivity contribution in [3.05, 3.63) is 11.6 Å². The van der Waals surface area contributed by atoms with E-state index in [-0.39, 0.29) is 11.9 Å². The molecule has 1 aliphatic heterocycles. The predicted molar refractivity (Wildman–Crippen MR) is 117 cm³/mol. The number of guanidine groups is 1. The largest absolute Gasteiger partial charge is 0.466 e. The first kappa shape index (κ1) is 22.6. The Morgan fingerprint density at radius 2 is 2.00 bits per heavy atom. The van der Waals surface area contributed by atoms with Gasteiger partial charge in [0.05, 0.1) is 12.5 Å². The van der Waals surface area contributed by atoms with Gasteiger partial charge in [-0.1, -0.05) is 6.42 Å². The van der Waals surface area contributed by atoms with Crippen LogP contribution in [0.25, 0.3) is 0 Å². The lowest BCUT2D eigenvalue weighted by molar-refractivity contribution is -0.149. The van der Waals surface area contributed by atoms with Gasteiger partial charge in [-0.15, -0.1) is 10.2 Å². The molecule has 1 aromatic heterocycles. The first-order chi connectivity index (χ1) is 14.7. The molecule has 0 atom stereocenters. The van der Waals surface area contributed by atoms with Gasteiger partial charge in [-0.3, -0.25) is 9.79 Å². The van der Waals surface area contributed by atoms with Crippen molar-refractivity contribution in [2.24, 2.45) is 10.9 Å². The van der Waals surface area contributed by atoms with Crippen molar-refractivity contribution in [3.8, 4) is 0 Å². The summed E-state index contributed by atoms with van der Waals surface area (Å²) in [5.41, 5.74) is 0. The number of carbonyl (C=O) groups excluding carboxylic acids is 1. The molecule has 0 unspecified atom stereocenters. The van der Waals surface area contributed by atoms with Crippen molar-refractivity contribution in [1.82, 2.24) is 25.4 Å². The van der Waals surface area contributed by atoms with E-state index in [1.54, 1.807) is 0 Å². The van der Waals surface area contributed by atoms with Crippen molar-refractivity contribution in [2.75, 3.05) is 19.7 Å². The number of fused-ring (bicyclic) bond motifs is 1. The quantitative estimate of drug-likeness (QED) is 0.292. The highest BCUT2D eigenvalue weighted by atomic mass is 16.5. The second-order valence-corrected chi connectivity index (χ2v) is 8.30. The number of nitrogens with zero attached hydrogens (tertiary/aromatic N) is 4. The van der Waals surface area contributed by atoms with Crippen LogP contribution < -0.4 is 10.6 Å². The van der Waals surface area contributed by atoms with Gasteiger partial charge in [0.25, 0.3) is 0 Å². The summed E-state index contributed by atoms with van der Waals surface area (Å²) in [6, 6.07) is 0.362. The molecule has 1 fully saturated rings. The monoisotopic (exact) mass is 418 g/mol. The summed E-state index contributed by atoms with van der Waals surface area (Å²) in [6.45, 7) is 7.06. The van der Waals surface area contributed by atoms with Crippen molar-refractivity contribution < 1.29 is 9.53 Å². The van der Waals surface area contributed by atoms with Gasteiger partial charge in [0.1, 0.15) is 11.6 Å². The molecule has 0 spiro atoms. The maximum absolute atomic E-state index is 11.9. The minimum absolute atomic E-state index is 0.0390. The Labute approximate surface area is 180 Å².